The quantitative estimate of drug-likeness (QED) is 0.611. The van der Waals surface area contributed by atoms with Crippen LogP contribution < -0.4 is 0 Å². The van der Waals surface area contributed by atoms with E-state index in [2.05, 4.69) is 32.7 Å². The van der Waals surface area contributed by atoms with Crippen molar-refractivity contribution >= 4 is 0 Å². The van der Waals surface area contributed by atoms with Crippen LogP contribution in [0.15, 0.2) is 0 Å². The van der Waals surface area contributed by atoms with Gasteiger partial charge in [-0.05, 0) is 44.2 Å². The summed E-state index contributed by atoms with van der Waals surface area (Å²) in [6.45, 7) is 8.54. The van der Waals surface area contributed by atoms with Gasteiger partial charge in [-0.3, -0.25) is 4.90 Å². The summed E-state index contributed by atoms with van der Waals surface area (Å²) < 4.78 is 0. The number of nitrogens with zero attached hydrogens (tertiary/aromatic N) is 1. The van der Waals surface area contributed by atoms with E-state index in [1.54, 1.807) is 0 Å². The van der Waals surface area contributed by atoms with Crippen LogP contribution >= 0.6 is 0 Å². The lowest BCUT2D eigenvalue weighted by Gasteiger charge is -2.38. The van der Waals surface area contributed by atoms with Gasteiger partial charge in [-0.2, -0.15) is 0 Å². The minimum absolute atomic E-state index is 0.531. The standard InChI is InChI=1S/C11H21N/c1-5-10(2,3)11-8-9(11)6-7-12(11)4/h9H,5-8H2,1-4H3. The first-order chi connectivity index (χ1) is 5.54. The summed E-state index contributed by atoms with van der Waals surface area (Å²) >= 11 is 0. The van der Waals surface area contributed by atoms with E-state index in [1.807, 2.05) is 0 Å². The number of rotatable bonds is 2. The summed E-state index contributed by atoms with van der Waals surface area (Å²) in [6.07, 6.45) is 4.22. The molecular weight excluding hydrogens is 146 g/mol. The third kappa shape index (κ3) is 0.783. The summed E-state index contributed by atoms with van der Waals surface area (Å²) in [5.74, 6) is 1.03. The Hall–Kier alpha value is -0.0400. The van der Waals surface area contributed by atoms with Gasteiger partial charge in [0, 0.05) is 5.54 Å². The molecule has 1 aliphatic heterocycles. The maximum atomic E-state index is 2.61. The normalized spacial score (nSPS) is 41.5. The van der Waals surface area contributed by atoms with Gasteiger partial charge in [0.2, 0.25) is 0 Å². The topological polar surface area (TPSA) is 3.24 Å². The summed E-state index contributed by atoms with van der Waals surface area (Å²) in [6, 6.07) is 0. The lowest BCUT2D eigenvalue weighted by atomic mass is 9.78. The molecule has 0 radical (unpaired) electrons. The van der Waals surface area contributed by atoms with Crippen LogP contribution in [-0.4, -0.2) is 24.0 Å². The number of hydrogen-bond donors (Lipinski definition) is 0. The maximum Gasteiger partial charge on any atom is 0.0289 e. The Morgan fingerprint density at radius 1 is 1.50 bits per heavy atom. The molecule has 2 rings (SSSR count). The Morgan fingerprint density at radius 2 is 2.17 bits per heavy atom. The van der Waals surface area contributed by atoms with Crippen LogP contribution in [0.5, 0.6) is 0 Å². The molecule has 1 heteroatoms. The summed E-state index contributed by atoms with van der Waals surface area (Å²) in [4.78, 5) is 2.61. The molecule has 1 aliphatic carbocycles. The van der Waals surface area contributed by atoms with Crippen molar-refractivity contribution in [3.63, 3.8) is 0 Å². The van der Waals surface area contributed by atoms with Gasteiger partial charge in [-0.25, -0.2) is 0 Å². The van der Waals surface area contributed by atoms with Crippen molar-refractivity contribution in [2.45, 2.75) is 45.6 Å². The molecule has 1 saturated heterocycles. The molecular formula is C11H21N. The third-order valence-corrected chi connectivity index (χ3v) is 4.62. The highest BCUT2D eigenvalue weighted by Crippen LogP contribution is 2.64. The molecule has 0 aromatic rings. The van der Waals surface area contributed by atoms with Gasteiger partial charge in [0.25, 0.3) is 0 Å². The Kier molecular flexibility index (Phi) is 1.61. The molecule has 70 valence electrons. The third-order valence-electron chi connectivity index (χ3n) is 4.62. The van der Waals surface area contributed by atoms with Crippen LogP contribution in [-0.2, 0) is 0 Å². The van der Waals surface area contributed by atoms with E-state index in [-0.39, 0.29) is 0 Å². The molecule has 2 unspecified atom stereocenters. The molecule has 0 amide bonds. The zero-order chi connectivity index (χ0) is 8.98. The molecule has 2 aliphatic rings. The van der Waals surface area contributed by atoms with E-state index in [1.165, 1.54) is 25.8 Å². The molecule has 2 fully saturated rings. The molecule has 0 bridgehead atoms. The van der Waals surface area contributed by atoms with Gasteiger partial charge in [0.15, 0.2) is 0 Å². The van der Waals surface area contributed by atoms with Crippen LogP contribution in [0.25, 0.3) is 0 Å². The van der Waals surface area contributed by atoms with Crippen molar-refractivity contribution in [2.75, 3.05) is 13.6 Å². The van der Waals surface area contributed by atoms with E-state index in [4.69, 9.17) is 0 Å². The van der Waals surface area contributed by atoms with Crippen LogP contribution in [0.1, 0.15) is 40.0 Å². The second kappa shape index (κ2) is 2.25. The van der Waals surface area contributed by atoms with Crippen LogP contribution in [0.2, 0.25) is 0 Å². The number of fused-ring (bicyclic) bond motifs is 1. The predicted molar refractivity (Wildman–Crippen MR) is 52.2 cm³/mol. The minimum atomic E-state index is 0.531. The molecule has 0 aromatic carbocycles. The fourth-order valence-electron chi connectivity index (χ4n) is 3.33. The monoisotopic (exact) mass is 167 g/mol. The Balaban J connectivity index is 2.23. The fourth-order valence-corrected chi connectivity index (χ4v) is 3.33. The fraction of sp³-hybridized carbons (Fsp3) is 1.00. The van der Waals surface area contributed by atoms with Crippen LogP contribution in [0.4, 0.5) is 0 Å². The van der Waals surface area contributed by atoms with Gasteiger partial charge < -0.3 is 0 Å². The largest absolute Gasteiger partial charge is 0.300 e. The van der Waals surface area contributed by atoms with E-state index in [9.17, 15) is 0 Å². The Labute approximate surface area is 76.1 Å². The maximum absolute atomic E-state index is 2.61. The molecule has 12 heavy (non-hydrogen) atoms. The summed E-state index contributed by atoms with van der Waals surface area (Å²) in [5.41, 5.74) is 1.13. The zero-order valence-electron chi connectivity index (χ0n) is 8.85. The van der Waals surface area contributed by atoms with E-state index in [0.29, 0.717) is 11.0 Å². The van der Waals surface area contributed by atoms with Crippen molar-refractivity contribution in [1.29, 1.82) is 0 Å². The van der Waals surface area contributed by atoms with Gasteiger partial charge in [-0.15, -0.1) is 0 Å². The SMILES string of the molecule is CCC(C)(C)C12CC1CCN2C. The van der Waals surface area contributed by atoms with Crippen molar-refractivity contribution < 1.29 is 0 Å². The number of likely N-dealkylation sites (tertiary alicyclic amines) is 1. The van der Waals surface area contributed by atoms with Crippen molar-refractivity contribution in [3.8, 4) is 0 Å². The molecule has 1 heterocycles. The summed E-state index contributed by atoms with van der Waals surface area (Å²) in [7, 11) is 2.31. The summed E-state index contributed by atoms with van der Waals surface area (Å²) in [5, 5.41) is 0. The first-order valence-electron chi connectivity index (χ1n) is 5.26. The van der Waals surface area contributed by atoms with Gasteiger partial charge in [0.1, 0.15) is 0 Å². The first-order valence-corrected chi connectivity index (χ1v) is 5.26. The van der Waals surface area contributed by atoms with Crippen LogP contribution in [0.3, 0.4) is 0 Å². The van der Waals surface area contributed by atoms with E-state index in [0.717, 1.165) is 5.92 Å². The van der Waals surface area contributed by atoms with Crippen molar-refractivity contribution in [1.82, 2.24) is 4.90 Å². The first kappa shape index (κ1) is 8.55. The predicted octanol–water partition coefficient (Wildman–Crippen LogP) is 2.52. The molecule has 1 nitrogen and oxygen atoms in total. The van der Waals surface area contributed by atoms with Crippen molar-refractivity contribution in [3.05, 3.63) is 0 Å². The number of hydrogen-bond acceptors (Lipinski definition) is 1. The zero-order valence-corrected chi connectivity index (χ0v) is 8.85. The second-order valence-electron chi connectivity index (χ2n) is 5.27. The Morgan fingerprint density at radius 3 is 2.50 bits per heavy atom. The highest BCUT2D eigenvalue weighted by molar-refractivity contribution is 5.21. The average molecular weight is 167 g/mol. The van der Waals surface area contributed by atoms with E-state index >= 15 is 0 Å². The van der Waals surface area contributed by atoms with Crippen molar-refractivity contribution in [2.24, 2.45) is 11.3 Å². The smallest absolute Gasteiger partial charge is 0.0289 e. The average Bonchev–Trinajstić information content (AvgIpc) is 2.70. The molecule has 1 saturated carbocycles. The molecule has 0 aromatic heterocycles. The number of piperidine rings is 1. The lowest BCUT2D eigenvalue weighted by Crippen LogP contribution is -2.43. The molecule has 0 spiro atoms. The van der Waals surface area contributed by atoms with Crippen LogP contribution in [0, 0.1) is 11.3 Å². The molecule has 0 N–H and O–H groups in total. The second-order valence-corrected chi connectivity index (χ2v) is 5.27. The van der Waals surface area contributed by atoms with Gasteiger partial charge in [0.05, 0.1) is 0 Å². The lowest BCUT2D eigenvalue weighted by molar-refractivity contribution is 0.105. The van der Waals surface area contributed by atoms with Gasteiger partial charge in [-0.1, -0.05) is 20.8 Å². The Bertz CT molecular complexity index is 197. The van der Waals surface area contributed by atoms with E-state index < -0.39 is 0 Å². The minimum Gasteiger partial charge on any atom is -0.300 e. The highest BCUT2D eigenvalue weighted by atomic mass is 15.3. The molecule has 2 atom stereocenters. The van der Waals surface area contributed by atoms with Gasteiger partial charge >= 0.3 is 0 Å². The highest BCUT2D eigenvalue weighted by Gasteiger charge is 2.66.